The van der Waals surface area contributed by atoms with Crippen LogP contribution in [-0.4, -0.2) is 15.4 Å². The van der Waals surface area contributed by atoms with Crippen LogP contribution in [0.5, 0.6) is 0 Å². The van der Waals surface area contributed by atoms with Crippen molar-refractivity contribution in [1.29, 1.82) is 0 Å². The van der Waals surface area contributed by atoms with Gasteiger partial charge < -0.3 is 4.57 Å². The lowest BCUT2D eigenvalue weighted by atomic mass is 10.2. The molecule has 0 spiro atoms. The van der Waals surface area contributed by atoms with E-state index in [0.717, 1.165) is 27.1 Å². The highest BCUT2D eigenvalue weighted by Gasteiger charge is 2.10. The van der Waals surface area contributed by atoms with E-state index in [-0.39, 0.29) is 5.00 Å². The Labute approximate surface area is 155 Å². The molecule has 0 N–H and O–H groups in total. The molecule has 0 fully saturated rings. The van der Waals surface area contributed by atoms with Crippen molar-refractivity contribution in [2.75, 3.05) is 0 Å². The molecule has 0 aliphatic carbocycles. The number of thiazole rings is 1. The minimum Gasteiger partial charge on any atom is -0.319 e. The highest BCUT2D eigenvalue weighted by Crippen LogP contribution is 2.28. The number of carbonyl (C=O) groups is 1. The van der Waals surface area contributed by atoms with E-state index in [9.17, 15) is 14.9 Å². The molecule has 0 saturated carbocycles. The van der Waals surface area contributed by atoms with Crippen LogP contribution in [0, 0.1) is 17.0 Å². The standard InChI is InChI=1S/C16H12ClN3O3S2/c1-9-3-6-11(17)15-14(9)19(2)16(25-15)18-12(21)7-4-10-5-8-13(24-10)20(22)23/h3-8H,1-2H3. The van der Waals surface area contributed by atoms with E-state index in [4.69, 9.17) is 11.6 Å². The lowest BCUT2D eigenvalue weighted by Gasteiger charge is -2.00. The second-order valence-corrected chi connectivity index (χ2v) is 7.68. The Hall–Kier alpha value is -2.29. The van der Waals surface area contributed by atoms with Gasteiger partial charge in [-0.1, -0.05) is 40.3 Å². The molecule has 0 aliphatic rings. The lowest BCUT2D eigenvalue weighted by molar-refractivity contribution is -0.380. The smallest absolute Gasteiger partial charge is 0.319 e. The molecule has 3 aromatic rings. The highest BCUT2D eigenvalue weighted by atomic mass is 35.5. The number of amides is 1. The van der Waals surface area contributed by atoms with Crippen molar-refractivity contribution in [3.8, 4) is 0 Å². The molecule has 2 aromatic heterocycles. The first-order valence-corrected chi connectivity index (χ1v) is 9.13. The summed E-state index contributed by atoms with van der Waals surface area (Å²) in [6.07, 6.45) is 2.82. The number of fused-ring (bicyclic) bond motifs is 1. The zero-order chi connectivity index (χ0) is 18.1. The molecule has 1 aromatic carbocycles. The number of aryl methyl sites for hydroxylation is 2. The van der Waals surface area contributed by atoms with E-state index in [2.05, 4.69) is 4.99 Å². The molecule has 3 rings (SSSR count). The number of hydrogen-bond donors (Lipinski definition) is 0. The van der Waals surface area contributed by atoms with Gasteiger partial charge >= 0.3 is 5.00 Å². The fourth-order valence-electron chi connectivity index (χ4n) is 2.33. The van der Waals surface area contributed by atoms with Crippen molar-refractivity contribution < 1.29 is 9.72 Å². The number of nitrogens with zero attached hydrogens (tertiary/aromatic N) is 3. The van der Waals surface area contributed by atoms with E-state index in [0.29, 0.717) is 14.7 Å². The van der Waals surface area contributed by atoms with Gasteiger partial charge in [0.15, 0.2) is 4.80 Å². The molecule has 0 saturated heterocycles. The van der Waals surface area contributed by atoms with Gasteiger partial charge in [0.1, 0.15) is 0 Å². The first kappa shape index (κ1) is 17.5. The fraction of sp³-hybridized carbons (Fsp3) is 0.125. The van der Waals surface area contributed by atoms with Crippen LogP contribution in [0.2, 0.25) is 5.02 Å². The van der Waals surface area contributed by atoms with Gasteiger partial charge in [-0.05, 0) is 30.7 Å². The number of nitro groups is 1. The Kier molecular flexibility index (Phi) is 4.85. The van der Waals surface area contributed by atoms with Crippen LogP contribution in [-0.2, 0) is 11.8 Å². The summed E-state index contributed by atoms with van der Waals surface area (Å²) < 4.78 is 2.72. The van der Waals surface area contributed by atoms with Crippen molar-refractivity contribution in [3.05, 3.63) is 60.7 Å². The van der Waals surface area contributed by atoms with Gasteiger partial charge in [0.25, 0.3) is 5.91 Å². The molecule has 0 radical (unpaired) electrons. The number of benzene rings is 1. The third-order valence-corrected chi connectivity index (χ3v) is 6.08. The van der Waals surface area contributed by atoms with E-state index in [1.165, 1.54) is 29.6 Å². The molecule has 0 aliphatic heterocycles. The number of halogens is 1. The number of thiophene rings is 1. The predicted octanol–water partition coefficient (Wildman–Crippen LogP) is 4.31. The van der Waals surface area contributed by atoms with E-state index in [1.807, 2.05) is 30.7 Å². The van der Waals surface area contributed by atoms with Gasteiger partial charge in [-0.3, -0.25) is 14.9 Å². The maximum Gasteiger partial charge on any atom is 0.324 e. The summed E-state index contributed by atoms with van der Waals surface area (Å²) >= 11 is 8.57. The van der Waals surface area contributed by atoms with Crippen LogP contribution < -0.4 is 4.80 Å². The van der Waals surface area contributed by atoms with Gasteiger partial charge in [-0.15, -0.1) is 0 Å². The van der Waals surface area contributed by atoms with Crippen LogP contribution in [0.1, 0.15) is 10.4 Å². The predicted molar refractivity (Wildman–Crippen MR) is 101 cm³/mol. The summed E-state index contributed by atoms with van der Waals surface area (Å²) in [4.78, 5) is 27.6. The number of rotatable bonds is 3. The summed E-state index contributed by atoms with van der Waals surface area (Å²) in [7, 11) is 1.83. The fourth-order valence-corrected chi connectivity index (χ4v) is 4.43. The van der Waals surface area contributed by atoms with Crippen molar-refractivity contribution in [2.45, 2.75) is 6.92 Å². The quantitative estimate of drug-likeness (QED) is 0.378. The summed E-state index contributed by atoms with van der Waals surface area (Å²) in [5, 5.41) is 11.3. The van der Waals surface area contributed by atoms with Crippen LogP contribution in [0.15, 0.2) is 35.3 Å². The zero-order valence-corrected chi connectivity index (χ0v) is 15.6. The molecule has 9 heteroatoms. The minimum absolute atomic E-state index is 0.0325. The van der Waals surface area contributed by atoms with Crippen molar-refractivity contribution in [3.63, 3.8) is 0 Å². The largest absolute Gasteiger partial charge is 0.324 e. The summed E-state index contributed by atoms with van der Waals surface area (Å²) in [6, 6.07) is 6.75. The topological polar surface area (TPSA) is 77.5 Å². The SMILES string of the molecule is Cc1ccc(Cl)c2sc(=NC(=O)C=Cc3ccc([N+](=O)[O-])s3)n(C)c12. The van der Waals surface area contributed by atoms with E-state index in [1.54, 1.807) is 6.07 Å². The molecule has 0 unspecified atom stereocenters. The highest BCUT2D eigenvalue weighted by molar-refractivity contribution is 7.17. The third kappa shape index (κ3) is 3.55. The Morgan fingerprint density at radius 2 is 2.08 bits per heavy atom. The third-order valence-electron chi connectivity index (χ3n) is 3.49. The zero-order valence-electron chi connectivity index (χ0n) is 13.2. The van der Waals surface area contributed by atoms with Gasteiger partial charge in [-0.25, -0.2) is 0 Å². The number of hydrogen-bond acceptors (Lipinski definition) is 5. The number of aromatic nitrogens is 1. The van der Waals surface area contributed by atoms with Crippen molar-refractivity contribution in [1.82, 2.24) is 4.57 Å². The molecule has 2 heterocycles. The Balaban J connectivity index is 1.93. The second-order valence-electron chi connectivity index (χ2n) is 5.20. The minimum atomic E-state index is -0.461. The van der Waals surface area contributed by atoms with Crippen LogP contribution in [0.3, 0.4) is 0 Å². The molecule has 1 amide bonds. The average Bonchev–Trinajstić information content (AvgIpc) is 3.16. The lowest BCUT2D eigenvalue weighted by Crippen LogP contribution is -2.12. The van der Waals surface area contributed by atoms with Gasteiger partial charge in [-0.2, -0.15) is 4.99 Å². The van der Waals surface area contributed by atoms with Crippen LogP contribution in [0.25, 0.3) is 16.3 Å². The van der Waals surface area contributed by atoms with Crippen LogP contribution in [0.4, 0.5) is 5.00 Å². The van der Waals surface area contributed by atoms with Crippen LogP contribution >= 0.6 is 34.3 Å². The molecule has 0 bridgehead atoms. The molecule has 6 nitrogen and oxygen atoms in total. The molecule has 128 valence electrons. The Bertz CT molecular complexity index is 1090. The summed E-state index contributed by atoms with van der Waals surface area (Å²) in [6.45, 7) is 1.97. The molecular formula is C16H12ClN3O3S2. The Morgan fingerprint density at radius 3 is 2.72 bits per heavy atom. The van der Waals surface area contributed by atoms with Crippen molar-refractivity contribution >= 4 is 61.5 Å². The van der Waals surface area contributed by atoms with E-state index < -0.39 is 10.8 Å². The first-order chi connectivity index (χ1) is 11.9. The summed E-state index contributed by atoms with van der Waals surface area (Å²) in [5.41, 5.74) is 2.00. The van der Waals surface area contributed by atoms with Gasteiger partial charge in [0.05, 0.1) is 20.2 Å². The average molecular weight is 394 g/mol. The maximum absolute atomic E-state index is 12.1. The van der Waals surface area contributed by atoms with Crippen molar-refractivity contribution in [2.24, 2.45) is 12.0 Å². The summed E-state index contributed by atoms with van der Waals surface area (Å²) in [5.74, 6) is -0.438. The van der Waals surface area contributed by atoms with Gasteiger partial charge in [0.2, 0.25) is 0 Å². The van der Waals surface area contributed by atoms with E-state index >= 15 is 0 Å². The van der Waals surface area contributed by atoms with Gasteiger partial charge in [0, 0.05) is 24.1 Å². The molecule has 0 atom stereocenters. The second kappa shape index (κ2) is 6.91. The monoisotopic (exact) mass is 393 g/mol. The maximum atomic E-state index is 12.1. The number of carbonyl (C=O) groups excluding carboxylic acids is 1. The normalized spacial score (nSPS) is 12.4. The molecular weight excluding hydrogens is 382 g/mol. The first-order valence-electron chi connectivity index (χ1n) is 7.12. The molecule has 25 heavy (non-hydrogen) atoms. The Morgan fingerprint density at radius 1 is 1.32 bits per heavy atom.